The molecule has 1 saturated heterocycles. The highest BCUT2D eigenvalue weighted by atomic mass is 19.1. The minimum Gasteiger partial charge on any atom is -0.350 e. The number of carbonyl (C=O) groups is 2. The molecule has 1 aromatic carbocycles. The van der Waals surface area contributed by atoms with Gasteiger partial charge in [-0.2, -0.15) is 0 Å². The highest BCUT2D eigenvalue weighted by Crippen LogP contribution is 2.29. The number of pyridine rings is 1. The number of rotatable bonds is 4. The fourth-order valence-corrected chi connectivity index (χ4v) is 2.67. The van der Waals surface area contributed by atoms with Gasteiger partial charge in [0.15, 0.2) is 0 Å². The molecule has 0 saturated carbocycles. The molecule has 5 nitrogen and oxygen atoms in total. The Morgan fingerprint density at radius 1 is 1.21 bits per heavy atom. The predicted octanol–water partition coefficient (Wildman–Crippen LogP) is 2.03. The molecule has 7 heteroatoms. The van der Waals surface area contributed by atoms with Gasteiger partial charge in [0.05, 0.1) is 18.2 Å². The fourth-order valence-electron chi connectivity index (χ4n) is 2.67. The third kappa shape index (κ3) is 3.24. The minimum atomic E-state index is -0.821. The molecule has 124 valence electrons. The molecule has 1 aliphatic rings. The van der Waals surface area contributed by atoms with Crippen molar-refractivity contribution in [2.75, 3.05) is 11.4 Å². The van der Waals surface area contributed by atoms with Crippen molar-refractivity contribution in [3.8, 4) is 0 Å². The number of nitrogens with zero attached hydrogens (tertiary/aromatic N) is 2. The molecule has 0 radical (unpaired) electrons. The van der Waals surface area contributed by atoms with E-state index in [4.69, 9.17) is 0 Å². The summed E-state index contributed by atoms with van der Waals surface area (Å²) in [7, 11) is 0. The Bertz CT molecular complexity index is 747. The second kappa shape index (κ2) is 6.74. The summed E-state index contributed by atoms with van der Waals surface area (Å²) < 4.78 is 27.7. The lowest BCUT2D eigenvalue weighted by molar-refractivity contribution is -0.126. The maximum atomic E-state index is 13.8. The number of hydrogen-bond acceptors (Lipinski definition) is 3. The van der Waals surface area contributed by atoms with Gasteiger partial charge in [0.1, 0.15) is 17.3 Å². The molecule has 2 aromatic rings. The zero-order valence-electron chi connectivity index (χ0n) is 12.7. The smallest absolute Gasteiger partial charge is 0.228 e. The second-order valence-corrected chi connectivity index (χ2v) is 5.51. The van der Waals surface area contributed by atoms with Crippen molar-refractivity contribution < 1.29 is 18.4 Å². The van der Waals surface area contributed by atoms with Crippen molar-refractivity contribution in [1.82, 2.24) is 10.3 Å². The molecule has 1 fully saturated rings. The van der Waals surface area contributed by atoms with Gasteiger partial charge < -0.3 is 10.2 Å². The summed E-state index contributed by atoms with van der Waals surface area (Å²) in [6, 6.07) is 8.73. The topological polar surface area (TPSA) is 62.3 Å². The van der Waals surface area contributed by atoms with Gasteiger partial charge in [0.2, 0.25) is 11.8 Å². The molecule has 1 unspecified atom stereocenters. The van der Waals surface area contributed by atoms with E-state index in [0.29, 0.717) is 5.69 Å². The zero-order valence-corrected chi connectivity index (χ0v) is 12.7. The van der Waals surface area contributed by atoms with Crippen molar-refractivity contribution in [2.45, 2.75) is 13.0 Å². The van der Waals surface area contributed by atoms with Crippen LogP contribution in [0.15, 0.2) is 42.6 Å². The van der Waals surface area contributed by atoms with Crippen LogP contribution in [0.5, 0.6) is 0 Å². The summed E-state index contributed by atoms with van der Waals surface area (Å²) in [5, 5.41) is 2.69. The van der Waals surface area contributed by atoms with Crippen LogP contribution in [-0.4, -0.2) is 23.3 Å². The first-order valence-electron chi connectivity index (χ1n) is 7.48. The average molecular weight is 331 g/mol. The van der Waals surface area contributed by atoms with E-state index in [9.17, 15) is 18.4 Å². The molecule has 0 bridgehead atoms. The quantitative estimate of drug-likeness (QED) is 0.932. The summed E-state index contributed by atoms with van der Waals surface area (Å²) >= 11 is 0. The first-order valence-corrected chi connectivity index (χ1v) is 7.48. The maximum absolute atomic E-state index is 13.8. The van der Waals surface area contributed by atoms with Crippen molar-refractivity contribution >= 4 is 17.5 Å². The van der Waals surface area contributed by atoms with E-state index in [2.05, 4.69) is 10.3 Å². The lowest BCUT2D eigenvalue weighted by atomic mass is 10.1. The Kier molecular flexibility index (Phi) is 4.50. The van der Waals surface area contributed by atoms with Crippen LogP contribution in [-0.2, 0) is 16.1 Å². The number of hydrogen-bond donors (Lipinski definition) is 1. The third-order valence-corrected chi connectivity index (χ3v) is 3.87. The zero-order chi connectivity index (χ0) is 17.1. The summed E-state index contributed by atoms with van der Waals surface area (Å²) in [5.41, 5.74) is 0.287. The Morgan fingerprint density at radius 3 is 2.62 bits per heavy atom. The third-order valence-electron chi connectivity index (χ3n) is 3.87. The van der Waals surface area contributed by atoms with Gasteiger partial charge >= 0.3 is 0 Å². The molecular weight excluding hydrogens is 316 g/mol. The Hall–Kier alpha value is -2.83. The number of aromatic nitrogens is 1. The first-order chi connectivity index (χ1) is 11.6. The first kappa shape index (κ1) is 16.0. The molecule has 1 aromatic heterocycles. The number of amides is 2. The van der Waals surface area contributed by atoms with Gasteiger partial charge in [-0.25, -0.2) is 8.78 Å². The van der Waals surface area contributed by atoms with E-state index in [1.54, 1.807) is 24.4 Å². The Labute approximate surface area is 137 Å². The molecule has 0 spiro atoms. The van der Waals surface area contributed by atoms with E-state index in [1.807, 2.05) is 0 Å². The highest BCUT2D eigenvalue weighted by Gasteiger charge is 2.37. The predicted molar refractivity (Wildman–Crippen MR) is 82.9 cm³/mol. The van der Waals surface area contributed by atoms with Crippen LogP contribution in [0.3, 0.4) is 0 Å². The molecule has 2 heterocycles. The van der Waals surface area contributed by atoms with Crippen molar-refractivity contribution in [2.24, 2.45) is 5.92 Å². The van der Waals surface area contributed by atoms with Crippen LogP contribution in [0.2, 0.25) is 0 Å². The number of carbonyl (C=O) groups excluding carboxylic acids is 2. The summed E-state index contributed by atoms with van der Waals surface area (Å²) in [6.07, 6.45) is 1.53. The van der Waals surface area contributed by atoms with Crippen LogP contribution in [0, 0.1) is 17.6 Å². The molecule has 24 heavy (non-hydrogen) atoms. The average Bonchev–Trinajstić information content (AvgIpc) is 2.95. The van der Waals surface area contributed by atoms with Crippen molar-refractivity contribution in [3.63, 3.8) is 0 Å². The summed E-state index contributed by atoms with van der Waals surface area (Å²) in [6.45, 7) is 0.184. The van der Waals surface area contributed by atoms with Gasteiger partial charge in [0, 0.05) is 19.2 Å². The molecular formula is C17H15F2N3O2. The number of anilines is 1. The van der Waals surface area contributed by atoms with E-state index < -0.39 is 29.1 Å². The van der Waals surface area contributed by atoms with Crippen LogP contribution >= 0.6 is 0 Å². The normalized spacial score (nSPS) is 17.2. The Morgan fingerprint density at radius 2 is 1.96 bits per heavy atom. The fraction of sp³-hybridized carbons (Fsp3) is 0.235. The number of halogens is 2. The lowest BCUT2D eigenvalue weighted by Crippen LogP contribution is -2.33. The summed E-state index contributed by atoms with van der Waals surface area (Å²) in [4.78, 5) is 29.4. The summed E-state index contributed by atoms with van der Waals surface area (Å²) in [5.74, 6) is -3.11. The standard InChI is InChI=1S/C17H15F2N3O2/c18-13-5-3-6-14(19)16(13)22-10-11(8-15(22)23)17(24)21-9-12-4-1-2-7-20-12/h1-7,11H,8-10H2,(H,21,24). The van der Waals surface area contributed by atoms with Gasteiger partial charge in [0.25, 0.3) is 0 Å². The van der Waals surface area contributed by atoms with E-state index >= 15 is 0 Å². The largest absolute Gasteiger partial charge is 0.350 e. The molecule has 0 aliphatic carbocycles. The molecule has 1 aliphatic heterocycles. The SMILES string of the molecule is O=C(NCc1ccccn1)C1CC(=O)N(c2c(F)cccc2F)C1. The van der Waals surface area contributed by atoms with Crippen LogP contribution in [0.25, 0.3) is 0 Å². The molecule has 1 N–H and O–H groups in total. The maximum Gasteiger partial charge on any atom is 0.228 e. The van der Waals surface area contributed by atoms with E-state index in [1.165, 1.54) is 6.07 Å². The monoisotopic (exact) mass is 331 g/mol. The highest BCUT2D eigenvalue weighted by molar-refractivity contribution is 6.00. The van der Waals surface area contributed by atoms with Gasteiger partial charge in [-0.15, -0.1) is 0 Å². The Balaban J connectivity index is 1.67. The van der Waals surface area contributed by atoms with E-state index in [0.717, 1.165) is 17.0 Å². The minimum absolute atomic E-state index is 0.0509. The number of para-hydroxylation sites is 1. The van der Waals surface area contributed by atoms with Gasteiger partial charge in [-0.3, -0.25) is 14.6 Å². The van der Waals surface area contributed by atoms with Crippen LogP contribution in [0.1, 0.15) is 12.1 Å². The van der Waals surface area contributed by atoms with Crippen molar-refractivity contribution in [3.05, 3.63) is 59.9 Å². The van der Waals surface area contributed by atoms with E-state index in [-0.39, 0.29) is 25.4 Å². The number of nitrogens with one attached hydrogen (secondary N) is 1. The van der Waals surface area contributed by atoms with Crippen LogP contribution in [0.4, 0.5) is 14.5 Å². The van der Waals surface area contributed by atoms with Crippen LogP contribution < -0.4 is 10.2 Å². The molecule has 3 rings (SSSR count). The molecule has 1 atom stereocenters. The number of benzene rings is 1. The second-order valence-electron chi connectivity index (χ2n) is 5.51. The van der Waals surface area contributed by atoms with Gasteiger partial charge in [-0.1, -0.05) is 12.1 Å². The molecule has 2 amide bonds. The van der Waals surface area contributed by atoms with Gasteiger partial charge in [-0.05, 0) is 24.3 Å². The van der Waals surface area contributed by atoms with Crippen molar-refractivity contribution in [1.29, 1.82) is 0 Å². The lowest BCUT2D eigenvalue weighted by Gasteiger charge is -2.18.